The van der Waals surface area contributed by atoms with E-state index in [2.05, 4.69) is 24.3 Å². The van der Waals surface area contributed by atoms with E-state index in [-0.39, 0.29) is 30.2 Å². The molecule has 2 bridgehead atoms. The molecule has 122 valence electrons. The second kappa shape index (κ2) is 5.07. The Morgan fingerprint density at radius 3 is 2.50 bits per heavy atom. The Kier molecular flexibility index (Phi) is 2.96. The highest BCUT2D eigenvalue weighted by molar-refractivity contribution is 6.06. The van der Waals surface area contributed by atoms with Crippen LogP contribution < -0.4 is 0 Å². The van der Waals surface area contributed by atoms with Crippen LogP contribution >= 0.6 is 0 Å². The Hall–Kier alpha value is -2.36. The van der Waals surface area contributed by atoms with E-state index in [1.165, 1.54) is 10.5 Å². The fourth-order valence-electron chi connectivity index (χ4n) is 5.32. The smallest absolute Gasteiger partial charge is 0.233 e. The number of hydrogen-bond donors (Lipinski definition) is 0. The number of fused-ring (bicyclic) bond motifs is 5. The minimum absolute atomic E-state index is 0.00883. The van der Waals surface area contributed by atoms with E-state index >= 15 is 0 Å². The molecule has 0 radical (unpaired) electrons. The summed E-state index contributed by atoms with van der Waals surface area (Å²) in [6.07, 6.45) is 3.63. The van der Waals surface area contributed by atoms with Crippen molar-refractivity contribution in [2.75, 3.05) is 0 Å². The van der Waals surface area contributed by atoms with Gasteiger partial charge < -0.3 is 4.42 Å². The Labute approximate surface area is 140 Å². The molecular formula is C20H19NO3. The molecular weight excluding hydrogens is 302 g/mol. The van der Waals surface area contributed by atoms with E-state index in [9.17, 15) is 9.59 Å². The SMILES string of the molecule is O=C1[C@@H]2[C@@H]3C[C@@H]([C@H]2C(=O)N1Cc1ccco1)[C@@H](c1ccccc1)C3. The number of hydrogen-bond acceptors (Lipinski definition) is 3. The number of rotatable bonds is 3. The number of carbonyl (C=O) groups is 2. The molecule has 1 aliphatic heterocycles. The zero-order valence-electron chi connectivity index (χ0n) is 13.3. The fourth-order valence-corrected chi connectivity index (χ4v) is 5.32. The molecule has 0 N–H and O–H groups in total. The molecule has 2 aromatic rings. The van der Waals surface area contributed by atoms with Gasteiger partial charge >= 0.3 is 0 Å². The summed E-state index contributed by atoms with van der Waals surface area (Å²) in [5.74, 6) is 1.54. The van der Waals surface area contributed by atoms with Crippen LogP contribution in [0.2, 0.25) is 0 Å². The number of amides is 2. The summed E-state index contributed by atoms with van der Waals surface area (Å²) in [6, 6.07) is 14.1. The Bertz CT molecular complexity index is 782. The predicted octanol–water partition coefficient (Wildman–Crippen LogP) is 3.20. The monoisotopic (exact) mass is 321 g/mol. The second-order valence-corrected chi connectivity index (χ2v) is 7.31. The van der Waals surface area contributed by atoms with Crippen molar-refractivity contribution < 1.29 is 14.0 Å². The Morgan fingerprint density at radius 2 is 1.75 bits per heavy atom. The summed E-state index contributed by atoms with van der Waals surface area (Å²) in [7, 11) is 0. The van der Waals surface area contributed by atoms with Crippen LogP contribution in [0.15, 0.2) is 53.1 Å². The number of imide groups is 1. The van der Waals surface area contributed by atoms with Crippen molar-refractivity contribution in [3.8, 4) is 0 Å². The van der Waals surface area contributed by atoms with Crippen LogP contribution in [0.25, 0.3) is 0 Å². The fraction of sp³-hybridized carbons (Fsp3) is 0.400. The van der Waals surface area contributed by atoms with Gasteiger partial charge in [-0.25, -0.2) is 0 Å². The number of carbonyl (C=O) groups excluding carboxylic acids is 2. The van der Waals surface area contributed by atoms with Gasteiger partial charge in [0.1, 0.15) is 5.76 Å². The van der Waals surface area contributed by atoms with E-state index in [0.29, 0.717) is 23.5 Å². The van der Waals surface area contributed by atoms with Gasteiger partial charge in [0.05, 0.1) is 24.6 Å². The van der Waals surface area contributed by atoms with E-state index in [1.807, 2.05) is 12.1 Å². The average Bonchev–Trinajstić information content (AvgIpc) is 3.37. The summed E-state index contributed by atoms with van der Waals surface area (Å²) < 4.78 is 5.33. The van der Waals surface area contributed by atoms with Crippen LogP contribution in [-0.2, 0) is 16.1 Å². The molecule has 3 aliphatic rings. The molecule has 2 heterocycles. The Morgan fingerprint density at radius 1 is 0.958 bits per heavy atom. The highest BCUT2D eigenvalue weighted by Crippen LogP contribution is 2.61. The molecule has 0 spiro atoms. The van der Waals surface area contributed by atoms with Crippen LogP contribution in [-0.4, -0.2) is 16.7 Å². The van der Waals surface area contributed by atoms with Gasteiger partial charge in [0.25, 0.3) is 0 Å². The third kappa shape index (κ3) is 1.86. The van der Waals surface area contributed by atoms with Crippen LogP contribution in [0.3, 0.4) is 0 Å². The highest BCUT2D eigenvalue weighted by atomic mass is 16.3. The first-order valence-corrected chi connectivity index (χ1v) is 8.66. The molecule has 2 amide bonds. The van der Waals surface area contributed by atoms with E-state index < -0.39 is 0 Å². The van der Waals surface area contributed by atoms with E-state index in [0.717, 1.165) is 12.8 Å². The summed E-state index contributed by atoms with van der Waals surface area (Å²) in [6.45, 7) is 0.271. The normalized spacial score (nSPS) is 34.2. The van der Waals surface area contributed by atoms with E-state index in [4.69, 9.17) is 4.42 Å². The summed E-state index contributed by atoms with van der Waals surface area (Å²) >= 11 is 0. The van der Waals surface area contributed by atoms with Gasteiger partial charge in [0.2, 0.25) is 11.8 Å². The van der Waals surface area contributed by atoms with Gasteiger partial charge in [-0.15, -0.1) is 0 Å². The first-order chi connectivity index (χ1) is 11.7. The lowest BCUT2D eigenvalue weighted by atomic mass is 9.73. The minimum atomic E-state index is -0.128. The van der Waals surface area contributed by atoms with Crippen molar-refractivity contribution in [2.24, 2.45) is 23.7 Å². The first-order valence-electron chi connectivity index (χ1n) is 8.66. The van der Waals surface area contributed by atoms with Gasteiger partial charge in [-0.05, 0) is 48.3 Å². The molecule has 1 aromatic carbocycles. The van der Waals surface area contributed by atoms with Crippen molar-refractivity contribution in [2.45, 2.75) is 25.3 Å². The van der Waals surface area contributed by atoms with Crippen LogP contribution in [0.1, 0.15) is 30.1 Å². The summed E-state index contributed by atoms with van der Waals surface area (Å²) in [5.41, 5.74) is 1.31. The number of furan rings is 1. The predicted molar refractivity (Wildman–Crippen MR) is 86.6 cm³/mol. The number of nitrogens with zero attached hydrogens (tertiary/aromatic N) is 1. The molecule has 4 heteroatoms. The molecule has 24 heavy (non-hydrogen) atoms. The second-order valence-electron chi connectivity index (χ2n) is 7.31. The molecule has 5 rings (SSSR count). The quantitative estimate of drug-likeness (QED) is 0.816. The van der Waals surface area contributed by atoms with Crippen molar-refractivity contribution >= 4 is 11.8 Å². The van der Waals surface area contributed by atoms with Crippen molar-refractivity contribution in [3.05, 3.63) is 60.1 Å². The largest absolute Gasteiger partial charge is 0.467 e. The van der Waals surface area contributed by atoms with Gasteiger partial charge in [-0.3, -0.25) is 14.5 Å². The molecule has 2 saturated carbocycles. The first kappa shape index (κ1) is 14.0. The van der Waals surface area contributed by atoms with Gasteiger partial charge in [0.15, 0.2) is 0 Å². The molecule has 1 saturated heterocycles. The van der Waals surface area contributed by atoms with Crippen molar-refractivity contribution in [1.29, 1.82) is 0 Å². The third-order valence-corrected chi connectivity index (χ3v) is 6.23. The minimum Gasteiger partial charge on any atom is -0.467 e. The van der Waals surface area contributed by atoms with Gasteiger partial charge in [-0.1, -0.05) is 30.3 Å². The lowest BCUT2D eigenvalue weighted by molar-refractivity contribution is -0.141. The molecule has 2 aliphatic carbocycles. The highest BCUT2D eigenvalue weighted by Gasteiger charge is 2.63. The summed E-state index contributed by atoms with van der Waals surface area (Å²) in [5, 5.41) is 0. The molecule has 1 aromatic heterocycles. The van der Waals surface area contributed by atoms with Crippen LogP contribution in [0.4, 0.5) is 0 Å². The topological polar surface area (TPSA) is 50.5 Å². The molecule has 0 unspecified atom stereocenters. The van der Waals surface area contributed by atoms with Crippen molar-refractivity contribution in [3.63, 3.8) is 0 Å². The molecule has 3 fully saturated rings. The van der Waals surface area contributed by atoms with Gasteiger partial charge in [0, 0.05) is 0 Å². The molecule has 4 nitrogen and oxygen atoms in total. The lowest BCUT2D eigenvalue weighted by Crippen LogP contribution is -2.32. The zero-order chi connectivity index (χ0) is 16.3. The zero-order valence-corrected chi connectivity index (χ0v) is 13.3. The lowest BCUT2D eigenvalue weighted by Gasteiger charge is -2.28. The maximum Gasteiger partial charge on any atom is 0.233 e. The van der Waals surface area contributed by atoms with E-state index in [1.54, 1.807) is 12.3 Å². The van der Waals surface area contributed by atoms with Gasteiger partial charge in [-0.2, -0.15) is 0 Å². The average molecular weight is 321 g/mol. The standard InChI is InChI=1S/C20H19NO3/c22-19-17-13-9-15(12-5-2-1-3-6-12)16(10-13)18(17)20(23)21(19)11-14-7-4-8-24-14/h1-8,13,15-18H,9-11H2/t13-,15+,16+,17+,18+/m0/s1. The molecule has 5 atom stereocenters. The maximum atomic E-state index is 13.0. The summed E-state index contributed by atoms with van der Waals surface area (Å²) in [4.78, 5) is 27.2. The Balaban J connectivity index is 1.43. The third-order valence-electron chi connectivity index (χ3n) is 6.23. The van der Waals surface area contributed by atoms with Crippen molar-refractivity contribution in [1.82, 2.24) is 4.90 Å². The van der Waals surface area contributed by atoms with Crippen LogP contribution in [0, 0.1) is 23.7 Å². The number of likely N-dealkylation sites (tertiary alicyclic amines) is 1. The maximum absolute atomic E-state index is 13.0. The van der Waals surface area contributed by atoms with Crippen LogP contribution in [0.5, 0.6) is 0 Å². The number of benzene rings is 1.